The summed E-state index contributed by atoms with van der Waals surface area (Å²) in [7, 11) is -5.09. The lowest BCUT2D eigenvalue weighted by Gasteiger charge is -2.50. The van der Waals surface area contributed by atoms with E-state index in [0.29, 0.717) is 16.0 Å². The Balaban J connectivity index is 1.33. The summed E-state index contributed by atoms with van der Waals surface area (Å²) in [5, 5.41) is 15.7. The molecule has 25 nitrogen and oxygen atoms in total. The number of hydrogen-bond acceptors (Lipinski definition) is 19. The molecule has 2 aliphatic heterocycles. The SMILES string of the molecule is CC(C)(C)OC(=O)Nc1nc(/C(=N/NO[C@@H](COc2ccc3nn(CC4(C(N)=O)CN(C(=O)OC(C)(C)C)C4)cc3c2)C(=O)OC(C)(C)C)C(=O)N[C@@H]2C(=O)N(OS(=O)(=O)O)C2(C)C)cs1. The number of nitrogens with one attached hydrogen (secondary N) is 3. The molecule has 2 aromatic heterocycles. The highest BCUT2D eigenvalue weighted by molar-refractivity contribution is 7.80. The van der Waals surface area contributed by atoms with E-state index in [1.54, 1.807) is 86.7 Å². The fourth-order valence-electron chi connectivity index (χ4n) is 6.31. The standard InChI is InChI=1S/C39H54N10O15S2/c1-35(2,3)60-30(52)25(16-59-22-12-13-23-21(14-22)15-48(45-23)20-39(31(40)53)18-47(19-39)34(55)62-37(7,8)9)63-46-44-26(24-17-65-32(41-24)43-33(54)61-36(4,5)6)28(50)42-27-29(51)49(38(27,10)11)64-66(56,57)58/h12-15,17,25,27,46H,16,18-20H2,1-11H3,(H2,40,53)(H,42,50)(H,41,43,54)(H,56,57,58)/b44-26-/t25-,27+/m0/s1. The minimum absolute atomic E-state index is 0.0174. The first-order valence-electron chi connectivity index (χ1n) is 20.1. The molecule has 362 valence electrons. The average molecular weight is 967 g/mol. The molecule has 0 aliphatic carbocycles. The zero-order chi connectivity index (χ0) is 49.4. The van der Waals surface area contributed by atoms with Gasteiger partial charge in [0.1, 0.15) is 46.3 Å². The number of likely N-dealkylation sites (tertiary alicyclic amines) is 1. The van der Waals surface area contributed by atoms with E-state index in [9.17, 15) is 37.2 Å². The van der Waals surface area contributed by atoms with Crippen molar-refractivity contribution < 1.29 is 69.8 Å². The van der Waals surface area contributed by atoms with Crippen molar-refractivity contribution in [1.29, 1.82) is 0 Å². The van der Waals surface area contributed by atoms with Crippen LogP contribution in [0.15, 0.2) is 34.9 Å². The molecular weight excluding hydrogens is 913 g/mol. The van der Waals surface area contributed by atoms with E-state index in [-0.39, 0.29) is 36.2 Å². The highest BCUT2D eigenvalue weighted by Crippen LogP contribution is 2.35. The van der Waals surface area contributed by atoms with Crippen LogP contribution in [0.4, 0.5) is 14.7 Å². The summed E-state index contributed by atoms with van der Waals surface area (Å²) in [6.07, 6.45) is -1.29. The molecule has 5 rings (SSSR count). The molecule has 2 atom stereocenters. The quantitative estimate of drug-likeness (QED) is 0.0344. The summed E-state index contributed by atoms with van der Waals surface area (Å²) in [6.45, 7) is 17.4. The van der Waals surface area contributed by atoms with Gasteiger partial charge in [-0.15, -0.1) is 20.7 Å². The largest absolute Gasteiger partial charge is 0.490 e. The molecular formula is C39H54N10O15S2. The fraction of sp³-hybridized carbons (Fsp3) is 0.564. The number of nitrogens with zero attached hydrogens (tertiary/aromatic N) is 6. The predicted octanol–water partition coefficient (Wildman–Crippen LogP) is 2.42. The van der Waals surface area contributed by atoms with Crippen molar-refractivity contribution in [3.8, 4) is 5.75 Å². The minimum Gasteiger partial charge on any atom is -0.490 e. The maximum atomic E-state index is 13.8. The molecule has 0 unspecified atom stereocenters. The van der Waals surface area contributed by atoms with Crippen LogP contribution in [0.5, 0.6) is 5.75 Å². The second-order valence-electron chi connectivity index (χ2n) is 18.9. The average Bonchev–Trinajstić information content (AvgIpc) is 3.76. The number of primary amides is 1. The monoisotopic (exact) mass is 966 g/mol. The lowest BCUT2D eigenvalue weighted by Crippen LogP contribution is -2.76. The van der Waals surface area contributed by atoms with Crippen molar-refractivity contribution in [2.45, 2.75) is 117 Å². The van der Waals surface area contributed by atoms with Crippen molar-refractivity contribution in [1.82, 2.24) is 35.6 Å². The van der Waals surface area contributed by atoms with E-state index in [1.165, 1.54) is 28.8 Å². The Labute approximate surface area is 383 Å². The summed E-state index contributed by atoms with van der Waals surface area (Å²) < 4.78 is 59.9. The number of fused-ring (bicyclic) bond motifs is 1. The molecule has 4 heterocycles. The van der Waals surface area contributed by atoms with E-state index in [2.05, 4.69) is 35.7 Å². The van der Waals surface area contributed by atoms with E-state index in [0.717, 1.165) is 11.3 Å². The topological polar surface area (TPSA) is 324 Å². The Morgan fingerprint density at radius 1 is 1.00 bits per heavy atom. The number of β-lactam (4-membered cyclic amide) rings is 1. The van der Waals surface area contributed by atoms with Gasteiger partial charge in [0.05, 0.1) is 17.6 Å². The maximum absolute atomic E-state index is 13.8. The third-order valence-electron chi connectivity index (χ3n) is 9.26. The van der Waals surface area contributed by atoms with Crippen LogP contribution in [-0.2, 0) is 59.5 Å². The van der Waals surface area contributed by atoms with Crippen LogP contribution in [0.2, 0.25) is 0 Å². The number of anilines is 1. The number of rotatable bonds is 16. The molecule has 3 aromatic rings. The Bertz CT molecular complexity index is 2510. The number of hydrazone groups is 1. The summed E-state index contributed by atoms with van der Waals surface area (Å²) in [4.78, 5) is 88.9. The molecule has 0 spiro atoms. The molecule has 0 bridgehead atoms. The number of thiazole rings is 1. The number of carbonyl (C=O) groups is 6. The van der Waals surface area contributed by atoms with Crippen molar-refractivity contribution >= 4 is 79.4 Å². The molecule has 0 radical (unpaired) electrons. The Morgan fingerprint density at radius 2 is 1.64 bits per heavy atom. The molecule has 66 heavy (non-hydrogen) atoms. The minimum atomic E-state index is -5.09. The highest BCUT2D eigenvalue weighted by Gasteiger charge is 2.58. The van der Waals surface area contributed by atoms with Crippen molar-refractivity contribution in [3.63, 3.8) is 0 Å². The maximum Gasteiger partial charge on any atom is 0.418 e. The second-order valence-corrected chi connectivity index (χ2v) is 20.8. The Kier molecular flexibility index (Phi) is 14.3. The smallest absolute Gasteiger partial charge is 0.418 e. The van der Waals surface area contributed by atoms with Gasteiger partial charge in [-0.3, -0.25) is 28.9 Å². The van der Waals surface area contributed by atoms with Crippen LogP contribution in [0.1, 0.15) is 81.9 Å². The lowest BCUT2D eigenvalue weighted by molar-refractivity contribution is -0.218. The number of aromatic nitrogens is 3. The molecule has 6 N–H and O–H groups in total. The van der Waals surface area contributed by atoms with Crippen LogP contribution in [0.3, 0.4) is 0 Å². The zero-order valence-electron chi connectivity index (χ0n) is 38.1. The van der Waals surface area contributed by atoms with Gasteiger partial charge in [-0.05, 0) is 94.4 Å². The fourth-order valence-corrected chi connectivity index (χ4v) is 7.44. The number of amides is 5. The van der Waals surface area contributed by atoms with Gasteiger partial charge >= 0.3 is 28.6 Å². The van der Waals surface area contributed by atoms with E-state index in [1.807, 2.05) is 0 Å². The number of benzene rings is 1. The van der Waals surface area contributed by atoms with Gasteiger partial charge in [-0.25, -0.2) is 24.2 Å². The lowest BCUT2D eigenvalue weighted by atomic mass is 9.79. The van der Waals surface area contributed by atoms with Crippen LogP contribution >= 0.6 is 11.3 Å². The van der Waals surface area contributed by atoms with Crippen molar-refractivity contribution in [3.05, 3.63) is 35.5 Å². The van der Waals surface area contributed by atoms with Crippen LogP contribution in [0.25, 0.3) is 10.9 Å². The zero-order valence-corrected chi connectivity index (χ0v) is 39.7. The van der Waals surface area contributed by atoms with E-state index < -0.39 is 98.5 Å². The summed E-state index contributed by atoms with van der Waals surface area (Å²) in [5.74, 6) is -3.33. The van der Waals surface area contributed by atoms with Gasteiger partial charge in [-0.1, -0.05) is 0 Å². The molecule has 2 fully saturated rings. The molecule has 2 aliphatic rings. The molecule has 27 heteroatoms. The number of ether oxygens (including phenoxy) is 4. The van der Waals surface area contributed by atoms with E-state index >= 15 is 0 Å². The normalized spacial score (nSPS) is 17.8. The van der Waals surface area contributed by atoms with Crippen molar-refractivity contribution in [2.75, 3.05) is 25.0 Å². The molecule has 5 amide bonds. The Morgan fingerprint density at radius 3 is 2.21 bits per heavy atom. The van der Waals surface area contributed by atoms with Gasteiger partial charge in [0, 0.05) is 30.1 Å². The first-order chi connectivity index (χ1) is 30.2. The third-order valence-corrected chi connectivity index (χ3v) is 10.4. The molecule has 0 saturated carbocycles. The van der Waals surface area contributed by atoms with Crippen LogP contribution in [0, 0.1) is 5.41 Å². The van der Waals surface area contributed by atoms with Gasteiger partial charge in [0.15, 0.2) is 10.8 Å². The van der Waals surface area contributed by atoms with E-state index in [4.69, 9.17) is 34.1 Å². The van der Waals surface area contributed by atoms with Crippen LogP contribution < -0.4 is 26.7 Å². The van der Waals surface area contributed by atoms with Gasteiger partial charge in [-0.2, -0.15) is 24.2 Å². The van der Waals surface area contributed by atoms with Gasteiger partial charge in [0.2, 0.25) is 12.0 Å². The second kappa shape index (κ2) is 18.6. The predicted molar refractivity (Wildman–Crippen MR) is 233 cm³/mol. The number of carbonyl (C=O) groups excluding carboxylic acids is 6. The van der Waals surface area contributed by atoms with Crippen molar-refractivity contribution in [2.24, 2.45) is 16.3 Å². The highest BCUT2D eigenvalue weighted by atomic mass is 32.3. The summed E-state index contributed by atoms with van der Waals surface area (Å²) in [6, 6.07) is 3.44. The Hall–Kier alpha value is -6.16. The number of hydrogen-bond donors (Lipinski definition) is 5. The molecule has 2 saturated heterocycles. The summed E-state index contributed by atoms with van der Waals surface area (Å²) >= 11 is 0.883. The number of esters is 1. The molecule has 1 aromatic carbocycles. The van der Waals surface area contributed by atoms with Gasteiger partial charge in [0.25, 0.3) is 11.8 Å². The van der Waals surface area contributed by atoms with Crippen LogP contribution in [-0.4, -0.2) is 133 Å². The summed E-state index contributed by atoms with van der Waals surface area (Å²) in [5.41, 5.74) is 2.69. The number of nitrogens with two attached hydrogens (primary N) is 1. The van der Waals surface area contributed by atoms with Gasteiger partial charge < -0.3 is 34.9 Å². The first kappa shape index (κ1) is 50.8. The number of hydroxylamine groups is 2. The first-order valence-corrected chi connectivity index (χ1v) is 22.4. The third kappa shape index (κ3) is 13.0.